The number of nitrogens with one attached hydrogen (secondary N) is 1. The Morgan fingerprint density at radius 1 is 1.07 bits per heavy atom. The second-order valence-electron chi connectivity index (χ2n) is 7.01. The number of rotatable bonds is 3. The van der Waals surface area contributed by atoms with Crippen molar-refractivity contribution in [3.8, 4) is 10.6 Å². The Balaban J connectivity index is 1.38. The van der Waals surface area contributed by atoms with Crippen molar-refractivity contribution in [3.05, 3.63) is 60.2 Å². The van der Waals surface area contributed by atoms with Crippen LogP contribution in [0.5, 0.6) is 0 Å². The van der Waals surface area contributed by atoms with Gasteiger partial charge in [0.15, 0.2) is 5.84 Å². The van der Waals surface area contributed by atoms with E-state index in [1.54, 1.807) is 29.2 Å². The van der Waals surface area contributed by atoms with Crippen molar-refractivity contribution in [1.82, 2.24) is 15.1 Å². The molecule has 8 nitrogen and oxygen atoms in total. The highest BCUT2D eigenvalue weighted by molar-refractivity contribution is 7.90. The van der Waals surface area contributed by atoms with E-state index >= 15 is 0 Å². The molecule has 10 heteroatoms. The minimum atomic E-state index is -3.73. The van der Waals surface area contributed by atoms with Crippen molar-refractivity contribution in [2.24, 2.45) is 4.40 Å². The fourth-order valence-electron chi connectivity index (χ4n) is 3.75. The second-order valence-corrected chi connectivity index (χ2v) is 9.56. The van der Waals surface area contributed by atoms with Gasteiger partial charge < -0.3 is 4.90 Å². The van der Waals surface area contributed by atoms with Crippen LogP contribution in [-0.2, 0) is 14.8 Å². The molecule has 0 unspecified atom stereocenters. The largest absolute Gasteiger partial charge is 0.343 e. The number of amides is 1. The highest BCUT2D eigenvalue weighted by Gasteiger charge is 2.39. The van der Waals surface area contributed by atoms with Gasteiger partial charge in [-0.05, 0) is 25.0 Å². The molecule has 0 radical (unpaired) electrons. The molecule has 0 spiro atoms. The maximum Gasteiger partial charge on any atom is 0.285 e. The van der Waals surface area contributed by atoms with Crippen LogP contribution < -0.4 is 5.32 Å². The minimum absolute atomic E-state index is 0.183. The summed E-state index contributed by atoms with van der Waals surface area (Å²) in [5, 5.41) is 12.2. The number of amidine groups is 1. The number of hydrogen-bond acceptors (Lipinski definition) is 7. The molecule has 30 heavy (non-hydrogen) atoms. The summed E-state index contributed by atoms with van der Waals surface area (Å²) < 4.78 is 28.8. The van der Waals surface area contributed by atoms with Crippen molar-refractivity contribution in [1.29, 1.82) is 0 Å². The molecule has 1 saturated heterocycles. The Morgan fingerprint density at radius 2 is 1.83 bits per heavy atom. The molecule has 0 saturated carbocycles. The lowest BCUT2D eigenvalue weighted by atomic mass is 10.1. The fraction of sp³-hybridized carbons (Fsp3) is 0.200. The summed E-state index contributed by atoms with van der Waals surface area (Å²) in [6, 6.07) is 15.8. The first-order chi connectivity index (χ1) is 14.5. The van der Waals surface area contributed by atoms with Crippen LogP contribution in [0.2, 0.25) is 0 Å². The van der Waals surface area contributed by atoms with Crippen LogP contribution in [-0.4, -0.2) is 47.8 Å². The maximum absolute atomic E-state index is 13.0. The Labute approximate surface area is 177 Å². The molecule has 3 heterocycles. The zero-order valence-electron chi connectivity index (χ0n) is 15.7. The maximum atomic E-state index is 13.0. The van der Waals surface area contributed by atoms with Gasteiger partial charge in [0.05, 0.1) is 0 Å². The topological polar surface area (TPSA) is 105 Å². The molecule has 2 aliphatic rings. The van der Waals surface area contributed by atoms with E-state index in [-0.39, 0.29) is 10.8 Å². The first-order valence-electron chi connectivity index (χ1n) is 9.44. The molecule has 152 valence electrons. The van der Waals surface area contributed by atoms with Crippen molar-refractivity contribution < 1.29 is 13.2 Å². The van der Waals surface area contributed by atoms with Gasteiger partial charge in [-0.1, -0.05) is 53.8 Å². The molecular weight excluding hydrogens is 422 g/mol. The Morgan fingerprint density at radius 3 is 2.67 bits per heavy atom. The van der Waals surface area contributed by atoms with Crippen molar-refractivity contribution >= 4 is 38.2 Å². The van der Waals surface area contributed by atoms with E-state index in [2.05, 4.69) is 19.9 Å². The highest BCUT2D eigenvalue weighted by atomic mass is 32.2. The van der Waals surface area contributed by atoms with E-state index in [0.29, 0.717) is 29.5 Å². The molecule has 0 bridgehead atoms. The van der Waals surface area contributed by atoms with Crippen LogP contribution >= 0.6 is 11.3 Å². The number of nitrogens with zero attached hydrogens (tertiary/aromatic N) is 4. The van der Waals surface area contributed by atoms with Crippen molar-refractivity contribution in [2.45, 2.75) is 23.8 Å². The Kier molecular flexibility index (Phi) is 4.59. The summed E-state index contributed by atoms with van der Waals surface area (Å²) in [6.45, 7) is 0.562. The molecule has 2 aliphatic heterocycles. The number of fused-ring (bicyclic) bond motifs is 1. The SMILES string of the molecule is O=C(Nc1nnc(-c2ccccc2)s1)[C@@H]1CCCN1C1=NS(=O)(=O)c2ccccc21. The first-order valence-corrected chi connectivity index (χ1v) is 11.7. The first kappa shape index (κ1) is 18.9. The lowest BCUT2D eigenvalue weighted by Crippen LogP contribution is -2.43. The molecule has 1 N–H and O–H groups in total. The van der Waals surface area contributed by atoms with Crippen LogP contribution in [0, 0.1) is 0 Å². The lowest BCUT2D eigenvalue weighted by molar-refractivity contribution is -0.119. The number of sulfonamides is 1. The Hall–Kier alpha value is -3.11. The average Bonchev–Trinajstić information content (AvgIpc) is 3.47. The number of carbonyl (C=O) groups excluding carboxylic acids is 1. The van der Waals surface area contributed by atoms with E-state index < -0.39 is 16.1 Å². The molecule has 3 aromatic rings. The van der Waals surface area contributed by atoms with Crippen molar-refractivity contribution in [2.75, 3.05) is 11.9 Å². The summed E-state index contributed by atoms with van der Waals surface area (Å²) in [4.78, 5) is 14.9. The number of hydrogen-bond donors (Lipinski definition) is 1. The molecule has 1 aromatic heterocycles. The summed E-state index contributed by atoms with van der Waals surface area (Å²) in [5.41, 5.74) is 1.47. The van der Waals surface area contributed by atoms with Gasteiger partial charge in [0.2, 0.25) is 11.0 Å². The number of aromatic nitrogens is 2. The van der Waals surface area contributed by atoms with Gasteiger partial charge in [-0.15, -0.1) is 14.6 Å². The summed E-state index contributed by atoms with van der Waals surface area (Å²) in [6.07, 6.45) is 1.38. The zero-order chi connectivity index (χ0) is 20.7. The molecule has 2 aromatic carbocycles. The zero-order valence-corrected chi connectivity index (χ0v) is 17.4. The van der Waals surface area contributed by atoms with Gasteiger partial charge in [0.1, 0.15) is 15.9 Å². The highest BCUT2D eigenvalue weighted by Crippen LogP contribution is 2.32. The molecule has 1 amide bonds. The van der Waals surface area contributed by atoms with Gasteiger partial charge in [0.25, 0.3) is 10.0 Å². The number of anilines is 1. The van der Waals surface area contributed by atoms with Gasteiger partial charge in [-0.25, -0.2) is 0 Å². The van der Waals surface area contributed by atoms with E-state index in [1.807, 2.05) is 30.3 Å². The molecule has 5 rings (SSSR count). The number of carbonyl (C=O) groups is 1. The normalized spacial score (nSPS) is 19.4. The standard InChI is InChI=1S/C20H17N5O3S2/c26-18(21-20-23-22-19(29-20)13-7-2-1-3-8-13)15-10-6-12-25(15)17-14-9-4-5-11-16(14)30(27,28)24-17/h1-5,7-9,11,15H,6,10,12H2,(H,21,23,26)/t15-/m0/s1. The van der Waals surface area contributed by atoms with Crippen LogP contribution in [0.3, 0.4) is 0 Å². The third-order valence-electron chi connectivity index (χ3n) is 5.12. The quantitative estimate of drug-likeness (QED) is 0.673. The number of benzene rings is 2. The monoisotopic (exact) mass is 439 g/mol. The second kappa shape index (κ2) is 7.29. The lowest BCUT2D eigenvalue weighted by Gasteiger charge is -2.25. The van der Waals surface area contributed by atoms with Gasteiger partial charge in [-0.2, -0.15) is 8.42 Å². The van der Waals surface area contributed by atoms with Gasteiger partial charge >= 0.3 is 0 Å². The van der Waals surface area contributed by atoms with E-state index in [0.717, 1.165) is 17.0 Å². The molecular formula is C20H17N5O3S2. The van der Waals surface area contributed by atoms with Gasteiger partial charge in [-0.3, -0.25) is 10.1 Å². The predicted molar refractivity (Wildman–Crippen MR) is 114 cm³/mol. The Bertz CT molecular complexity index is 1250. The molecule has 1 fully saturated rings. The summed E-state index contributed by atoms with van der Waals surface area (Å²) in [5.74, 6) is 0.0956. The van der Waals surface area contributed by atoms with Gasteiger partial charge in [0, 0.05) is 17.7 Å². The molecule has 1 atom stereocenters. The third kappa shape index (κ3) is 3.27. The smallest absolute Gasteiger partial charge is 0.285 e. The van der Waals surface area contributed by atoms with Crippen LogP contribution in [0.15, 0.2) is 63.9 Å². The van der Waals surface area contributed by atoms with E-state index in [9.17, 15) is 13.2 Å². The van der Waals surface area contributed by atoms with Crippen molar-refractivity contribution in [3.63, 3.8) is 0 Å². The summed E-state index contributed by atoms with van der Waals surface area (Å²) >= 11 is 1.30. The fourth-order valence-corrected chi connectivity index (χ4v) is 5.72. The molecule has 0 aliphatic carbocycles. The minimum Gasteiger partial charge on any atom is -0.343 e. The predicted octanol–water partition coefficient (Wildman–Crippen LogP) is 2.76. The van der Waals surface area contributed by atoms with Crippen LogP contribution in [0.4, 0.5) is 5.13 Å². The average molecular weight is 440 g/mol. The van der Waals surface area contributed by atoms with Crippen LogP contribution in [0.25, 0.3) is 10.6 Å². The van der Waals surface area contributed by atoms with E-state index in [1.165, 1.54) is 11.3 Å². The van der Waals surface area contributed by atoms with Crippen LogP contribution in [0.1, 0.15) is 18.4 Å². The number of likely N-dealkylation sites (tertiary alicyclic amines) is 1. The summed E-state index contributed by atoms with van der Waals surface area (Å²) in [7, 11) is -3.73. The van der Waals surface area contributed by atoms with E-state index in [4.69, 9.17) is 0 Å². The third-order valence-corrected chi connectivity index (χ3v) is 7.33.